The Morgan fingerprint density at radius 1 is 0.793 bits per heavy atom. The van der Waals surface area contributed by atoms with Crippen molar-refractivity contribution in [1.29, 1.82) is 0 Å². The second kappa shape index (κ2) is 7.10. The second-order valence-corrected chi connectivity index (χ2v) is 9.23. The van der Waals surface area contributed by atoms with E-state index in [1.165, 1.54) is 0 Å². The Kier molecular flexibility index (Phi) is 4.98. The molecule has 2 fully saturated rings. The minimum atomic E-state index is -1.88. The summed E-state index contributed by atoms with van der Waals surface area (Å²) >= 11 is 0. The van der Waals surface area contributed by atoms with Gasteiger partial charge < -0.3 is 9.59 Å². The van der Waals surface area contributed by atoms with Crippen molar-refractivity contribution in [3.05, 3.63) is 70.8 Å². The molecule has 2 nitrogen and oxygen atoms in total. The summed E-state index contributed by atoms with van der Waals surface area (Å²) in [5, 5.41) is 11.7. The minimum Gasteiger partial charge on any atom is -0.380 e. The molecule has 2 aliphatic heterocycles. The third kappa shape index (κ3) is 3.68. The zero-order valence-electron chi connectivity index (χ0n) is 16.6. The fourth-order valence-corrected chi connectivity index (χ4v) is 5.57. The van der Waals surface area contributed by atoms with Crippen LogP contribution in [0.3, 0.4) is 0 Å². The molecule has 0 spiro atoms. The van der Waals surface area contributed by atoms with Gasteiger partial charge in [-0.05, 0) is 47.7 Å². The summed E-state index contributed by atoms with van der Waals surface area (Å²) in [6.07, 6.45) is 4.10. The Morgan fingerprint density at radius 3 is 1.55 bits per heavy atom. The lowest BCUT2D eigenvalue weighted by Crippen LogP contribution is -2.55. The van der Waals surface area contributed by atoms with E-state index in [4.69, 9.17) is 0 Å². The van der Waals surface area contributed by atoms with E-state index in [9.17, 15) is 22.7 Å². The smallest absolute Gasteiger partial charge is 0.126 e. The molecule has 2 heterocycles. The third-order valence-electron chi connectivity index (χ3n) is 7.19. The van der Waals surface area contributed by atoms with Gasteiger partial charge in [0.25, 0.3) is 0 Å². The van der Waals surface area contributed by atoms with E-state index in [0.29, 0.717) is 12.1 Å². The van der Waals surface area contributed by atoms with Crippen LogP contribution >= 0.6 is 0 Å². The molecule has 0 aromatic heterocycles. The Hall–Kier alpha value is -1.92. The van der Waals surface area contributed by atoms with E-state index in [-0.39, 0.29) is 23.5 Å². The van der Waals surface area contributed by atoms with E-state index in [0.717, 1.165) is 66.6 Å². The van der Waals surface area contributed by atoms with Crippen LogP contribution < -0.4 is 0 Å². The number of hydrogen-bond acceptors (Lipinski definition) is 1. The van der Waals surface area contributed by atoms with Crippen molar-refractivity contribution in [2.45, 2.75) is 49.8 Å². The van der Waals surface area contributed by atoms with E-state index in [1.807, 2.05) is 0 Å². The van der Waals surface area contributed by atoms with Crippen LogP contribution in [0.4, 0.5) is 17.6 Å². The highest BCUT2D eigenvalue weighted by atomic mass is 19.1. The van der Waals surface area contributed by atoms with Crippen molar-refractivity contribution in [3.63, 3.8) is 0 Å². The number of nitrogens with zero attached hydrogens (tertiary/aromatic N) is 1. The number of fused-ring (bicyclic) bond motifs is 2. The van der Waals surface area contributed by atoms with Gasteiger partial charge in [-0.3, -0.25) is 0 Å². The molecular formula is C23H26F4NO+. The summed E-state index contributed by atoms with van der Waals surface area (Å²) in [4.78, 5) is 0. The lowest BCUT2D eigenvalue weighted by molar-refractivity contribution is -0.931. The summed E-state index contributed by atoms with van der Waals surface area (Å²) in [6.45, 7) is 0. The lowest BCUT2D eigenvalue weighted by Gasteiger charge is -2.46. The van der Waals surface area contributed by atoms with Crippen molar-refractivity contribution < 1.29 is 27.2 Å². The first-order valence-electron chi connectivity index (χ1n) is 10.1. The van der Waals surface area contributed by atoms with E-state index in [2.05, 4.69) is 14.1 Å². The van der Waals surface area contributed by atoms with Gasteiger partial charge in [-0.2, -0.15) is 0 Å². The van der Waals surface area contributed by atoms with E-state index >= 15 is 0 Å². The van der Waals surface area contributed by atoms with Gasteiger partial charge in [0.05, 0.1) is 26.2 Å². The maximum Gasteiger partial charge on any atom is 0.126 e. The predicted octanol–water partition coefficient (Wildman–Crippen LogP) is 4.89. The highest BCUT2D eigenvalue weighted by Gasteiger charge is 2.50. The predicted molar refractivity (Wildman–Crippen MR) is 102 cm³/mol. The number of piperidine rings is 1. The maximum absolute atomic E-state index is 13.9. The average Bonchev–Trinajstić information content (AvgIpc) is 2.78. The first-order chi connectivity index (χ1) is 13.6. The molecule has 29 heavy (non-hydrogen) atoms. The zero-order chi connectivity index (χ0) is 21.0. The number of hydrogen-bond donors (Lipinski definition) is 1. The van der Waals surface area contributed by atoms with Gasteiger partial charge in [0.2, 0.25) is 0 Å². The topological polar surface area (TPSA) is 20.2 Å². The third-order valence-corrected chi connectivity index (χ3v) is 7.19. The van der Waals surface area contributed by atoms with Crippen molar-refractivity contribution in [1.82, 2.24) is 0 Å². The first kappa shape index (κ1) is 20.4. The Labute approximate surface area is 168 Å². The lowest BCUT2D eigenvalue weighted by atomic mass is 9.75. The summed E-state index contributed by atoms with van der Waals surface area (Å²) in [7, 11) is 4.43. The van der Waals surface area contributed by atoms with Gasteiger partial charge in [-0.1, -0.05) is 0 Å². The molecular weight excluding hydrogens is 382 g/mol. The second-order valence-electron chi connectivity index (χ2n) is 9.23. The number of quaternary nitrogens is 1. The van der Waals surface area contributed by atoms with Crippen molar-refractivity contribution >= 4 is 0 Å². The number of halogens is 4. The summed E-state index contributed by atoms with van der Waals surface area (Å²) in [5.41, 5.74) is -1.93. The molecule has 0 amide bonds. The van der Waals surface area contributed by atoms with Gasteiger partial charge in [0, 0.05) is 37.8 Å². The van der Waals surface area contributed by atoms with Crippen LogP contribution in [-0.4, -0.2) is 35.8 Å². The average molecular weight is 408 g/mol. The fourth-order valence-electron chi connectivity index (χ4n) is 5.57. The van der Waals surface area contributed by atoms with Crippen LogP contribution in [0.1, 0.15) is 43.2 Å². The maximum atomic E-state index is 13.9. The molecule has 2 saturated heterocycles. The van der Waals surface area contributed by atoms with E-state index in [1.54, 1.807) is 0 Å². The molecule has 0 radical (unpaired) electrons. The summed E-state index contributed by atoms with van der Waals surface area (Å²) in [6, 6.07) is 6.53. The van der Waals surface area contributed by atoms with Crippen LogP contribution in [0.2, 0.25) is 0 Å². The van der Waals surface area contributed by atoms with Gasteiger partial charge >= 0.3 is 0 Å². The molecule has 0 aliphatic carbocycles. The van der Waals surface area contributed by atoms with E-state index < -0.39 is 28.9 Å². The van der Waals surface area contributed by atoms with Gasteiger partial charge in [-0.25, -0.2) is 17.6 Å². The van der Waals surface area contributed by atoms with Crippen LogP contribution in [-0.2, 0) is 5.60 Å². The summed E-state index contributed by atoms with van der Waals surface area (Å²) in [5.74, 6) is -3.26. The molecule has 2 aliphatic rings. The van der Waals surface area contributed by atoms with Crippen LogP contribution in [0.15, 0.2) is 36.4 Å². The monoisotopic (exact) mass is 408 g/mol. The molecule has 4 rings (SSSR count). The normalized spacial score (nSPS) is 26.0. The molecule has 0 unspecified atom stereocenters. The van der Waals surface area contributed by atoms with Crippen molar-refractivity contribution in [3.8, 4) is 0 Å². The Balaban J connectivity index is 1.75. The van der Waals surface area contributed by atoms with Crippen molar-refractivity contribution in [2.75, 3.05) is 14.1 Å². The number of rotatable bonds is 4. The Bertz CT molecular complexity index is 821. The number of aliphatic hydroxyl groups is 1. The molecule has 2 aromatic carbocycles. The molecule has 156 valence electrons. The standard InChI is InChI=1S/C23H26F4NO/c1-28(2)21-3-4-22(28)6-14(5-21)13-23(29,15-7-17(24)11-18(25)8-15)16-9-19(26)12-20(27)10-16/h7-12,14,21-22,29H,3-6,13H2,1-2H3/q+1/t21-,22-/m0/s1. The molecule has 1 N–H and O–H groups in total. The largest absolute Gasteiger partial charge is 0.380 e. The molecule has 0 saturated carbocycles. The fraction of sp³-hybridized carbons (Fsp3) is 0.478. The SMILES string of the molecule is C[N+]1(C)[C@H]2CC[C@H]1CC(CC(O)(c1cc(F)cc(F)c1)c1cc(F)cc(F)c1)C2. The van der Waals surface area contributed by atoms with Gasteiger partial charge in [0.15, 0.2) is 0 Å². The van der Waals surface area contributed by atoms with Gasteiger partial charge in [0.1, 0.15) is 28.9 Å². The molecule has 2 bridgehead atoms. The highest BCUT2D eigenvalue weighted by molar-refractivity contribution is 5.37. The quantitative estimate of drug-likeness (QED) is 0.564. The van der Waals surface area contributed by atoms with Crippen LogP contribution in [0.5, 0.6) is 0 Å². The summed E-state index contributed by atoms with van der Waals surface area (Å²) < 4.78 is 56.7. The van der Waals surface area contributed by atoms with Gasteiger partial charge in [-0.15, -0.1) is 0 Å². The van der Waals surface area contributed by atoms with Crippen LogP contribution in [0.25, 0.3) is 0 Å². The minimum absolute atomic E-state index is 0.0216. The number of benzene rings is 2. The molecule has 6 heteroatoms. The zero-order valence-corrected chi connectivity index (χ0v) is 16.6. The van der Waals surface area contributed by atoms with Crippen molar-refractivity contribution in [2.24, 2.45) is 5.92 Å². The highest BCUT2D eigenvalue weighted by Crippen LogP contribution is 2.47. The molecule has 2 aromatic rings. The Morgan fingerprint density at radius 2 is 1.17 bits per heavy atom. The molecule has 2 atom stereocenters. The van der Waals surface area contributed by atoms with Crippen LogP contribution in [0, 0.1) is 29.2 Å². The first-order valence-corrected chi connectivity index (χ1v) is 10.1.